The third-order valence-corrected chi connectivity index (χ3v) is 14.8. The molecule has 4 aliphatic rings. The molecule has 0 spiro atoms. The smallest absolute Gasteiger partial charge is 0.329 e. The molecule has 2 aromatic carbocycles. The number of nitrogens with zero attached hydrogens (tertiary/aromatic N) is 4. The van der Waals surface area contributed by atoms with Gasteiger partial charge in [0.15, 0.2) is 9.84 Å². The number of amides is 7. The van der Waals surface area contributed by atoms with E-state index in [1.165, 1.54) is 21.6 Å². The van der Waals surface area contributed by atoms with E-state index in [4.69, 9.17) is 11.5 Å². The normalized spacial score (nSPS) is 24.4. The molecule has 3 saturated heterocycles. The van der Waals surface area contributed by atoms with Crippen molar-refractivity contribution in [1.29, 1.82) is 0 Å². The minimum atomic E-state index is -3.40. The number of rotatable bonds is 14. The number of aryl methyl sites for hydroxylation is 1. The fourth-order valence-electron chi connectivity index (χ4n) is 9.99. The quantitative estimate of drug-likeness (QED) is 0.139. The lowest BCUT2D eigenvalue weighted by Gasteiger charge is -2.38. The zero-order valence-corrected chi connectivity index (χ0v) is 37.6. The third kappa shape index (κ3) is 10.8. The molecule has 7 amide bonds. The van der Waals surface area contributed by atoms with Crippen molar-refractivity contribution in [2.45, 2.75) is 125 Å². The number of nitrogens with one attached hydrogen (secondary N) is 3. The van der Waals surface area contributed by atoms with Crippen molar-refractivity contribution < 1.29 is 42.0 Å². The van der Waals surface area contributed by atoms with Crippen molar-refractivity contribution in [3.63, 3.8) is 0 Å². The van der Waals surface area contributed by atoms with Gasteiger partial charge in [0.2, 0.25) is 41.4 Å². The highest BCUT2D eigenvalue weighted by atomic mass is 32.2. The van der Waals surface area contributed by atoms with E-state index in [0.29, 0.717) is 49.2 Å². The van der Waals surface area contributed by atoms with Crippen molar-refractivity contribution in [1.82, 2.24) is 34.9 Å². The number of imide groups is 1. The number of sulfone groups is 1. The Balaban J connectivity index is 0.901. The molecule has 350 valence electrons. The molecule has 65 heavy (non-hydrogen) atoms. The maximum atomic E-state index is 13.9. The van der Waals surface area contributed by atoms with Crippen LogP contribution in [0, 0.1) is 11.8 Å². The second-order valence-electron chi connectivity index (χ2n) is 18.2. The van der Waals surface area contributed by atoms with Gasteiger partial charge in [-0.3, -0.25) is 48.0 Å². The SMILES string of the molecule is Cn1c(=O)n(C2CCC(=O)NC2=O)c2ccc(C[C@H]3CC[C@@H](CC(=O)N4CC[C@H]5CC[C@@H](C(=O)N[C@@H](CCC(N)=O)C(=O)NCc6ccc(S(C)(=O)=O)cc6)N5C(=O)[C@@H](N)C4)CC3)cc21. The number of carbonyl (C=O) groups is 7. The Morgan fingerprint density at radius 1 is 0.877 bits per heavy atom. The van der Waals surface area contributed by atoms with Crippen LogP contribution in [0.2, 0.25) is 0 Å². The van der Waals surface area contributed by atoms with Crippen molar-refractivity contribution >= 4 is 62.2 Å². The topological polar surface area (TPSA) is 275 Å². The van der Waals surface area contributed by atoms with Crippen LogP contribution in [0.5, 0.6) is 0 Å². The Morgan fingerprint density at radius 3 is 2.25 bits per heavy atom. The van der Waals surface area contributed by atoms with Gasteiger partial charge in [-0.15, -0.1) is 0 Å². The molecular formula is C45H59N9O10S. The van der Waals surface area contributed by atoms with Crippen LogP contribution >= 0.6 is 0 Å². The molecule has 1 aliphatic carbocycles. The van der Waals surface area contributed by atoms with Gasteiger partial charge in [0.05, 0.1) is 15.9 Å². The van der Waals surface area contributed by atoms with Gasteiger partial charge in [-0.05, 0) is 111 Å². The molecule has 0 radical (unpaired) electrons. The number of hydrogen-bond donors (Lipinski definition) is 5. The number of piperidine rings is 1. The highest BCUT2D eigenvalue weighted by Crippen LogP contribution is 2.35. The van der Waals surface area contributed by atoms with Gasteiger partial charge in [-0.2, -0.15) is 0 Å². The van der Waals surface area contributed by atoms with Gasteiger partial charge >= 0.3 is 5.69 Å². The highest BCUT2D eigenvalue weighted by Gasteiger charge is 2.45. The van der Waals surface area contributed by atoms with E-state index in [9.17, 15) is 46.8 Å². The number of imidazole rings is 1. The standard InChI is InChI=1S/C45H59N9O10S/c1-51-37-22-29(9-14-34(37)54(45(51)62)36-16-18-39(56)50-43(36)60)21-26-3-5-27(6-4-26)23-40(57)52-20-19-30-10-15-35(53(30)44(61)32(46)25-52)42(59)49-33(13-17-38(47)55)41(58)48-24-28-7-11-31(12-8-28)65(2,63)64/h7-9,11-12,14,22,26-27,30,32-33,35-36H,3-6,10,13,15-21,23-25,46H2,1-2H3,(H2,47,55)(H,48,58)(H,49,59)(H,50,56,60)/t26-,27+,30-,32+,33+,35+,36?/m1/s1. The largest absolute Gasteiger partial charge is 0.370 e. The van der Waals surface area contributed by atoms with Crippen LogP contribution < -0.4 is 33.1 Å². The maximum Gasteiger partial charge on any atom is 0.329 e. The first-order valence-electron chi connectivity index (χ1n) is 22.4. The predicted molar refractivity (Wildman–Crippen MR) is 237 cm³/mol. The van der Waals surface area contributed by atoms with Crippen molar-refractivity contribution in [2.75, 3.05) is 19.3 Å². The number of fused-ring (bicyclic) bond motifs is 2. The number of primary amides is 1. The molecule has 0 bridgehead atoms. The van der Waals surface area contributed by atoms with Gasteiger partial charge in [-0.1, -0.05) is 18.2 Å². The second-order valence-corrected chi connectivity index (χ2v) is 20.2. The summed E-state index contributed by atoms with van der Waals surface area (Å²) in [5.74, 6) is -2.54. The molecule has 7 N–H and O–H groups in total. The Bertz CT molecular complexity index is 2530. The average Bonchev–Trinajstić information content (AvgIpc) is 3.79. The number of hydrogen-bond acceptors (Lipinski definition) is 11. The molecule has 19 nitrogen and oxygen atoms in total. The van der Waals surface area contributed by atoms with Gasteiger partial charge in [0, 0.05) is 58.2 Å². The average molecular weight is 918 g/mol. The summed E-state index contributed by atoms with van der Waals surface area (Å²) in [7, 11) is -1.72. The molecule has 4 fully saturated rings. The Morgan fingerprint density at radius 2 is 1.57 bits per heavy atom. The first-order chi connectivity index (χ1) is 30.9. The molecule has 7 rings (SSSR count). The van der Waals surface area contributed by atoms with E-state index in [1.54, 1.807) is 28.6 Å². The van der Waals surface area contributed by atoms with Crippen molar-refractivity contribution in [3.05, 3.63) is 64.1 Å². The fourth-order valence-corrected chi connectivity index (χ4v) is 10.6. The van der Waals surface area contributed by atoms with Gasteiger partial charge < -0.3 is 31.9 Å². The summed E-state index contributed by atoms with van der Waals surface area (Å²) in [5.41, 5.74) is 14.6. The molecule has 1 unspecified atom stereocenters. The Kier molecular flexibility index (Phi) is 14.3. The Hall–Kier alpha value is -5.89. The van der Waals surface area contributed by atoms with Crippen LogP contribution in [-0.4, -0.2) is 112 Å². The van der Waals surface area contributed by atoms with Gasteiger partial charge in [0.1, 0.15) is 24.2 Å². The first-order valence-corrected chi connectivity index (χ1v) is 24.3. The Labute approximate surface area is 376 Å². The van der Waals surface area contributed by atoms with Crippen LogP contribution in [0.4, 0.5) is 0 Å². The summed E-state index contributed by atoms with van der Waals surface area (Å²) in [5, 5.41) is 7.79. The van der Waals surface area contributed by atoms with Crippen LogP contribution in [0.1, 0.15) is 94.2 Å². The minimum Gasteiger partial charge on any atom is -0.370 e. The van der Waals surface area contributed by atoms with E-state index >= 15 is 0 Å². The first kappa shape index (κ1) is 47.1. The zero-order valence-electron chi connectivity index (χ0n) is 36.8. The summed E-state index contributed by atoms with van der Waals surface area (Å²) in [6.07, 6.45) is 7.30. The molecule has 1 aromatic heterocycles. The van der Waals surface area contributed by atoms with Crippen molar-refractivity contribution in [2.24, 2.45) is 30.4 Å². The second kappa shape index (κ2) is 19.7. The third-order valence-electron chi connectivity index (χ3n) is 13.6. The monoisotopic (exact) mass is 917 g/mol. The van der Waals surface area contributed by atoms with Crippen molar-refractivity contribution in [3.8, 4) is 0 Å². The zero-order chi connectivity index (χ0) is 46.7. The lowest BCUT2D eigenvalue weighted by atomic mass is 9.78. The van der Waals surface area contributed by atoms with Crippen LogP contribution in [0.3, 0.4) is 0 Å². The summed E-state index contributed by atoms with van der Waals surface area (Å²) < 4.78 is 26.7. The number of nitrogens with two attached hydrogens (primary N) is 2. The van der Waals surface area contributed by atoms with Crippen LogP contribution in [0.25, 0.3) is 11.0 Å². The van der Waals surface area contributed by atoms with E-state index < -0.39 is 63.5 Å². The molecule has 4 heterocycles. The van der Waals surface area contributed by atoms with E-state index in [1.807, 2.05) is 18.2 Å². The number of benzene rings is 2. The molecule has 1 saturated carbocycles. The predicted octanol–water partition coefficient (Wildman–Crippen LogP) is 0.446. The fraction of sp³-hybridized carbons (Fsp3) is 0.556. The highest BCUT2D eigenvalue weighted by molar-refractivity contribution is 7.90. The lowest BCUT2D eigenvalue weighted by Crippen LogP contribution is -2.60. The summed E-state index contributed by atoms with van der Waals surface area (Å²) >= 11 is 0. The van der Waals surface area contributed by atoms with E-state index in [-0.39, 0.29) is 73.1 Å². The lowest BCUT2D eigenvalue weighted by molar-refractivity contribution is -0.145. The number of aromatic nitrogens is 2. The van der Waals surface area contributed by atoms with Gasteiger partial charge in [0.25, 0.3) is 0 Å². The van der Waals surface area contributed by atoms with E-state index in [2.05, 4.69) is 16.0 Å². The summed E-state index contributed by atoms with van der Waals surface area (Å²) in [4.78, 5) is 107. The van der Waals surface area contributed by atoms with Gasteiger partial charge in [-0.25, -0.2) is 13.2 Å². The summed E-state index contributed by atoms with van der Waals surface area (Å²) in [6.45, 7) is 0.411. The molecular weight excluding hydrogens is 859 g/mol. The molecule has 20 heteroatoms. The molecule has 3 aromatic rings. The molecule has 5 atom stereocenters. The minimum absolute atomic E-state index is 0.00955. The van der Waals surface area contributed by atoms with Crippen LogP contribution in [0.15, 0.2) is 52.2 Å². The molecule has 3 aliphatic heterocycles. The van der Waals surface area contributed by atoms with E-state index in [0.717, 1.165) is 49.4 Å². The van der Waals surface area contributed by atoms with Crippen LogP contribution in [-0.2, 0) is 63.4 Å². The number of carbonyl (C=O) groups excluding carboxylic acids is 7. The summed E-state index contributed by atoms with van der Waals surface area (Å²) in [6, 6.07) is 7.66. The maximum absolute atomic E-state index is 13.9.